The summed E-state index contributed by atoms with van der Waals surface area (Å²) >= 11 is 0. The molecule has 0 spiro atoms. The van der Waals surface area contributed by atoms with Gasteiger partial charge in [0.1, 0.15) is 18.0 Å². The van der Waals surface area contributed by atoms with Crippen molar-refractivity contribution >= 4 is 15.8 Å². The summed E-state index contributed by atoms with van der Waals surface area (Å²) in [5.41, 5.74) is 1.46. The van der Waals surface area contributed by atoms with E-state index in [2.05, 4.69) is 9.97 Å². The molecule has 2 aromatic carbocycles. The SMILES string of the molecule is COc1ccc(S(=O)(=O)N2CCN(c3cc(-c4ccc(F)cc4)ncn3)CC2)cc1OC. The van der Waals surface area contributed by atoms with Gasteiger partial charge in [-0.1, -0.05) is 0 Å². The minimum Gasteiger partial charge on any atom is -0.493 e. The third kappa shape index (κ3) is 4.37. The first-order valence-electron chi connectivity index (χ1n) is 9.97. The van der Waals surface area contributed by atoms with Crippen LogP contribution in [0.5, 0.6) is 11.5 Å². The molecule has 0 bridgehead atoms. The van der Waals surface area contributed by atoms with Gasteiger partial charge in [0.05, 0.1) is 24.8 Å². The fourth-order valence-electron chi connectivity index (χ4n) is 3.58. The average molecular weight is 459 g/mol. The van der Waals surface area contributed by atoms with Gasteiger partial charge >= 0.3 is 0 Å². The summed E-state index contributed by atoms with van der Waals surface area (Å²) in [4.78, 5) is 10.8. The maximum atomic E-state index is 13.2. The van der Waals surface area contributed by atoms with E-state index in [4.69, 9.17) is 9.47 Å². The number of aromatic nitrogens is 2. The van der Waals surface area contributed by atoms with Gasteiger partial charge in [-0.25, -0.2) is 22.8 Å². The molecule has 0 saturated carbocycles. The van der Waals surface area contributed by atoms with Crippen molar-refractivity contribution in [1.82, 2.24) is 14.3 Å². The lowest BCUT2D eigenvalue weighted by Crippen LogP contribution is -2.48. The number of sulfonamides is 1. The van der Waals surface area contributed by atoms with Crippen LogP contribution in [0.15, 0.2) is 59.8 Å². The first-order valence-corrected chi connectivity index (χ1v) is 11.4. The molecular weight excluding hydrogens is 435 g/mol. The summed E-state index contributed by atoms with van der Waals surface area (Å²) in [5.74, 6) is 1.22. The Hall–Kier alpha value is -3.24. The molecule has 1 fully saturated rings. The van der Waals surface area contributed by atoms with Crippen molar-refractivity contribution in [3.05, 3.63) is 60.7 Å². The van der Waals surface area contributed by atoms with Crippen LogP contribution in [-0.4, -0.2) is 63.1 Å². The van der Waals surface area contributed by atoms with Crippen LogP contribution in [0.3, 0.4) is 0 Å². The molecule has 3 aromatic rings. The van der Waals surface area contributed by atoms with Crippen LogP contribution >= 0.6 is 0 Å². The Morgan fingerprint density at radius 3 is 2.22 bits per heavy atom. The van der Waals surface area contributed by atoms with E-state index in [-0.39, 0.29) is 10.7 Å². The zero-order valence-corrected chi connectivity index (χ0v) is 18.5. The third-order valence-corrected chi connectivity index (χ3v) is 7.24. The lowest BCUT2D eigenvalue weighted by molar-refractivity contribution is 0.353. The van der Waals surface area contributed by atoms with Crippen LogP contribution < -0.4 is 14.4 Å². The fraction of sp³-hybridized carbons (Fsp3) is 0.273. The minimum absolute atomic E-state index is 0.157. The van der Waals surface area contributed by atoms with Gasteiger partial charge in [-0.05, 0) is 36.4 Å². The van der Waals surface area contributed by atoms with Crippen LogP contribution in [-0.2, 0) is 10.0 Å². The summed E-state index contributed by atoms with van der Waals surface area (Å²) in [7, 11) is -0.711. The number of benzene rings is 2. The Bertz CT molecular complexity index is 1200. The highest BCUT2D eigenvalue weighted by atomic mass is 32.2. The van der Waals surface area contributed by atoms with E-state index >= 15 is 0 Å². The van der Waals surface area contributed by atoms with Crippen LogP contribution in [0.2, 0.25) is 0 Å². The lowest BCUT2D eigenvalue weighted by atomic mass is 10.1. The summed E-state index contributed by atoms with van der Waals surface area (Å²) in [6.07, 6.45) is 1.46. The Morgan fingerprint density at radius 2 is 1.56 bits per heavy atom. The quantitative estimate of drug-likeness (QED) is 0.562. The molecule has 32 heavy (non-hydrogen) atoms. The van der Waals surface area contributed by atoms with Crippen molar-refractivity contribution < 1.29 is 22.3 Å². The molecule has 0 atom stereocenters. The van der Waals surface area contributed by atoms with Crippen molar-refractivity contribution in [2.45, 2.75) is 4.90 Å². The van der Waals surface area contributed by atoms with Crippen LogP contribution in [0.4, 0.5) is 10.2 Å². The largest absolute Gasteiger partial charge is 0.493 e. The highest BCUT2D eigenvalue weighted by Crippen LogP contribution is 2.31. The molecule has 0 radical (unpaired) electrons. The smallest absolute Gasteiger partial charge is 0.243 e. The summed E-state index contributed by atoms with van der Waals surface area (Å²) in [6.45, 7) is 1.58. The Kier molecular flexibility index (Phi) is 6.24. The van der Waals surface area contributed by atoms with Gasteiger partial charge in [-0.15, -0.1) is 0 Å². The Morgan fingerprint density at radius 1 is 0.875 bits per heavy atom. The van der Waals surface area contributed by atoms with Crippen LogP contribution in [0.25, 0.3) is 11.3 Å². The molecule has 0 N–H and O–H groups in total. The molecule has 10 heteroatoms. The van der Waals surface area contributed by atoms with Gasteiger partial charge in [0.15, 0.2) is 11.5 Å². The van der Waals surface area contributed by atoms with E-state index in [1.54, 1.807) is 18.2 Å². The summed E-state index contributed by atoms with van der Waals surface area (Å²) < 4.78 is 51.3. The van der Waals surface area contributed by atoms with Crippen molar-refractivity contribution in [2.75, 3.05) is 45.3 Å². The van der Waals surface area contributed by atoms with Gasteiger partial charge in [0, 0.05) is 43.9 Å². The van der Waals surface area contributed by atoms with Crippen molar-refractivity contribution in [3.63, 3.8) is 0 Å². The Labute approximate surface area is 186 Å². The predicted octanol–water partition coefficient (Wildman–Crippen LogP) is 2.81. The second-order valence-electron chi connectivity index (χ2n) is 7.18. The molecule has 2 heterocycles. The third-order valence-electron chi connectivity index (χ3n) is 5.35. The highest BCUT2D eigenvalue weighted by Gasteiger charge is 2.30. The van der Waals surface area contributed by atoms with Crippen LogP contribution in [0, 0.1) is 5.82 Å². The van der Waals surface area contributed by atoms with E-state index in [0.29, 0.717) is 49.2 Å². The molecule has 1 aliphatic heterocycles. The molecule has 4 rings (SSSR count). The number of piperazine rings is 1. The zero-order chi connectivity index (χ0) is 22.7. The molecule has 8 nitrogen and oxygen atoms in total. The van der Waals surface area contributed by atoms with Gasteiger partial charge in [-0.2, -0.15) is 4.31 Å². The first kappa shape index (κ1) is 22.0. The van der Waals surface area contributed by atoms with Gasteiger partial charge in [-0.3, -0.25) is 0 Å². The first-order chi connectivity index (χ1) is 15.4. The molecule has 1 aromatic heterocycles. The average Bonchev–Trinajstić information content (AvgIpc) is 2.84. The number of nitrogens with zero attached hydrogens (tertiary/aromatic N) is 4. The molecule has 1 aliphatic rings. The van der Waals surface area contributed by atoms with Crippen LogP contribution in [0.1, 0.15) is 0 Å². The number of methoxy groups -OCH3 is 2. The van der Waals surface area contributed by atoms with E-state index < -0.39 is 10.0 Å². The predicted molar refractivity (Wildman–Crippen MR) is 118 cm³/mol. The highest BCUT2D eigenvalue weighted by molar-refractivity contribution is 7.89. The lowest BCUT2D eigenvalue weighted by Gasteiger charge is -2.34. The van der Waals surface area contributed by atoms with Crippen molar-refractivity contribution in [3.8, 4) is 22.8 Å². The fourth-order valence-corrected chi connectivity index (χ4v) is 5.02. The van der Waals surface area contributed by atoms with E-state index in [9.17, 15) is 12.8 Å². The molecular formula is C22H23FN4O4S. The number of hydrogen-bond donors (Lipinski definition) is 0. The maximum absolute atomic E-state index is 13.2. The molecule has 0 unspecified atom stereocenters. The second-order valence-corrected chi connectivity index (χ2v) is 9.11. The standard InChI is InChI=1S/C22H23FN4O4S/c1-30-20-8-7-18(13-21(20)31-2)32(28,29)27-11-9-26(10-12-27)22-14-19(24-15-25-22)16-3-5-17(23)6-4-16/h3-8,13-15H,9-12H2,1-2H3. The number of anilines is 1. The number of halogens is 1. The summed E-state index contributed by atoms with van der Waals surface area (Å²) in [5, 5.41) is 0. The maximum Gasteiger partial charge on any atom is 0.243 e. The van der Waals surface area contributed by atoms with Gasteiger partial charge in [0.25, 0.3) is 0 Å². The summed E-state index contributed by atoms with van der Waals surface area (Å²) in [6, 6.07) is 12.5. The number of rotatable bonds is 6. The Balaban J connectivity index is 1.48. The molecule has 0 aliphatic carbocycles. The number of ether oxygens (including phenoxy) is 2. The van der Waals surface area contributed by atoms with Crippen molar-refractivity contribution in [2.24, 2.45) is 0 Å². The van der Waals surface area contributed by atoms with E-state index in [1.807, 2.05) is 11.0 Å². The number of hydrogen-bond acceptors (Lipinski definition) is 7. The van der Waals surface area contributed by atoms with Gasteiger partial charge in [0.2, 0.25) is 10.0 Å². The second kappa shape index (κ2) is 9.09. The minimum atomic E-state index is -3.68. The molecule has 1 saturated heterocycles. The van der Waals surface area contributed by atoms with Gasteiger partial charge < -0.3 is 14.4 Å². The van der Waals surface area contributed by atoms with Crippen molar-refractivity contribution in [1.29, 1.82) is 0 Å². The topological polar surface area (TPSA) is 84.9 Å². The monoisotopic (exact) mass is 458 g/mol. The molecule has 0 amide bonds. The normalized spacial score (nSPS) is 14.9. The van der Waals surface area contributed by atoms with E-state index in [1.165, 1.54) is 49.1 Å². The molecule has 168 valence electrons. The zero-order valence-electron chi connectivity index (χ0n) is 17.7. The van der Waals surface area contributed by atoms with E-state index in [0.717, 1.165) is 5.56 Å².